The van der Waals surface area contributed by atoms with Gasteiger partial charge in [0.05, 0.1) is 11.6 Å². The lowest BCUT2D eigenvalue weighted by molar-refractivity contribution is 0.0963. The van der Waals surface area contributed by atoms with E-state index >= 15 is 0 Å². The molecule has 5 rings (SSSR count). The summed E-state index contributed by atoms with van der Waals surface area (Å²) in [6.07, 6.45) is 4.61. The Morgan fingerprint density at radius 2 is 1.97 bits per heavy atom. The number of amides is 1. The van der Waals surface area contributed by atoms with E-state index in [1.165, 1.54) is 5.56 Å². The van der Waals surface area contributed by atoms with Gasteiger partial charge in [-0.05, 0) is 81.1 Å². The molecule has 32 heavy (non-hydrogen) atoms. The Bertz CT molecular complexity index is 1190. The van der Waals surface area contributed by atoms with E-state index in [0.717, 1.165) is 40.4 Å². The van der Waals surface area contributed by atoms with E-state index in [9.17, 15) is 9.59 Å². The number of cyclic esters (lactones) is 1. The maximum Gasteiger partial charge on any atom is 0.407 e. The molecule has 6 heteroatoms. The molecule has 0 bridgehead atoms. The number of nitrogens with zero attached hydrogens (tertiary/aromatic N) is 2. The summed E-state index contributed by atoms with van der Waals surface area (Å²) in [4.78, 5) is 27.2. The molecular formula is C26H29N3O3. The number of aryl methyl sites for hydroxylation is 1. The van der Waals surface area contributed by atoms with Gasteiger partial charge in [0.1, 0.15) is 6.61 Å². The van der Waals surface area contributed by atoms with Crippen molar-refractivity contribution >= 4 is 22.9 Å². The molecule has 2 aromatic carbocycles. The summed E-state index contributed by atoms with van der Waals surface area (Å²) in [5, 5.41) is 3.99. The fourth-order valence-corrected chi connectivity index (χ4v) is 4.95. The summed E-state index contributed by atoms with van der Waals surface area (Å²) >= 11 is 0. The minimum atomic E-state index is -0.351. The highest BCUT2D eigenvalue weighted by Gasteiger charge is 2.34. The predicted molar refractivity (Wildman–Crippen MR) is 124 cm³/mol. The lowest BCUT2D eigenvalue weighted by Gasteiger charge is -2.39. The lowest BCUT2D eigenvalue weighted by atomic mass is 9.75. The molecule has 2 aliphatic rings. The smallest absolute Gasteiger partial charge is 0.407 e. The second-order valence-electron chi connectivity index (χ2n) is 9.36. The van der Waals surface area contributed by atoms with Crippen LogP contribution in [0.1, 0.15) is 45.8 Å². The largest absolute Gasteiger partial charge is 0.447 e. The van der Waals surface area contributed by atoms with Crippen LogP contribution < -0.4 is 5.32 Å². The molecule has 1 aliphatic heterocycles. The molecule has 0 unspecified atom stereocenters. The number of hydrogen-bond donors (Lipinski definition) is 1. The van der Waals surface area contributed by atoms with Gasteiger partial charge < -0.3 is 15.0 Å². The zero-order valence-electron chi connectivity index (χ0n) is 18.8. The normalized spacial score (nSPS) is 22.6. The van der Waals surface area contributed by atoms with Crippen molar-refractivity contribution in [2.45, 2.75) is 44.2 Å². The van der Waals surface area contributed by atoms with Gasteiger partial charge in [-0.3, -0.25) is 9.36 Å². The number of carbonyl (C=O) groups excluding carboxylic acids is 2. The molecule has 3 aromatic rings. The van der Waals surface area contributed by atoms with Crippen molar-refractivity contribution in [3.8, 4) is 0 Å². The van der Waals surface area contributed by atoms with E-state index in [1.807, 2.05) is 41.8 Å². The third-order valence-corrected chi connectivity index (χ3v) is 7.00. The first kappa shape index (κ1) is 20.8. The van der Waals surface area contributed by atoms with Crippen LogP contribution in [0.2, 0.25) is 0 Å². The van der Waals surface area contributed by atoms with Crippen LogP contribution in [0.25, 0.3) is 10.9 Å². The van der Waals surface area contributed by atoms with Gasteiger partial charge in [0.2, 0.25) is 0 Å². The molecule has 1 saturated carbocycles. The monoisotopic (exact) mass is 431 g/mol. The minimum Gasteiger partial charge on any atom is -0.447 e. The van der Waals surface area contributed by atoms with Gasteiger partial charge in [-0.15, -0.1) is 0 Å². The second-order valence-corrected chi connectivity index (χ2v) is 9.36. The summed E-state index contributed by atoms with van der Waals surface area (Å²) < 4.78 is 6.86. The summed E-state index contributed by atoms with van der Waals surface area (Å²) in [6.45, 7) is 2.37. The molecule has 0 radical (unpaired) electrons. The highest BCUT2D eigenvalue weighted by molar-refractivity contribution is 6.04. The average Bonchev–Trinajstić information content (AvgIpc) is 3.30. The molecule has 1 N–H and O–H groups in total. The van der Waals surface area contributed by atoms with Crippen molar-refractivity contribution in [2.24, 2.45) is 0 Å². The van der Waals surface area contributed by atoms with Gasteiger partial charge >= 0.3 is 6.09 Å². The summed E-state index contributed by atoms with van der Waals surface area (Å²) in [7, 11) is 4.25. The van der Waals surface area contributed by atoms with Crippen LogP contribution >= 0.6 is 0 Å². The van der Waals surface area contributed by atoms with Crippen LogP contribution in [0.5, 0.6) is 0 Å². The summed E-state index contributed by atoms with van der Waals surface area (Å²) in [6, 6.07) is 14.6. The number of rotatable bonds is 5. The van der Waals surface area contributed by atoms with Gasteiger partial charge in [-0.1, -0.05) is 24.3 Å². The standard InChI is InChI=1S/C26H29N3O3/c1-16-6-4-5-7-21(16)25(30)29-14-23(18-12-20(13-18)28(2)3)22-11-17(8-9-24(22)29)10-19-15-32-26(31)27-19/h4-9,11,14,18-20H,10,12-13,15H2,1-3H3,(H,27,31)/t18?,19-,20?/m0/s1. The number of aromatic nitrogens is 1. The first-order valence-electron chi connectivity index (χ1n) is 11.2. The Labute approximate surface area is 188 Å². The summed E-state index contributed by atoms with van der Waals surface area (Å²) in [5.41, 5.74) is 5.03. The Hall–Kier alpha value is -3.12. The van der Waals surface area contributed by atoms with E-state index in [0.29, 0.717) is 25.0 Å². The third-order valence-electron chi connectivity index (χ3n) is 7.00. The first-order valence-corrected chi connectivity index (χ1v) is 11.2. The quantitative estimate of drug-likeness (QED) is 0.661. The molecular weight excluding hydrogens is 402 g/mol. The number of carbonyl (C=O) groups is 2. The van der Waals surface area contributed by atoms with E-state index in [4.69, 9.17) is 4.74 Å². The fourth-order valence-electron chi connectivity index (χ4n) is 4.95. The number of fused-ring (bicyclic) bond motifs is 1. The first-order chi connectivity index (χ1) is 15.4. The zero-order valence-corrected chi connectivity index (χ0v) is 18.8. The van der Waals surface area contributed by atoms with Crippen LogP contribution in [0.15, 0.2) is 48.7 Å². The Kier molecular flexibility index (Phi) is 5.25. The van der Waals surface area contributed by atoms with Crippen molar-refractivity contribution in [2.75, 3.05) is 20.7 Å². The maximum atomic E-state index is 13.5. The molecule has 2 fully saturated rings. The van der Waals surface area contributed by atoms with E-state index in [2.05, 4.69) is 42.6 Å². The fraction of sp³-hybridized carbons (Fsp3) is 0.385. The minimum absolute atomic E-state index is 0.00652. The molecule has 2 heterocycles. The van der Waals surface area contributed by atoms with Crippen molar-refractivity contribution in [1.29, 1.82) is 0 Å². The topological polar surface area (TPSA) is 63.6 Å². The van der Waals surface area contributed by atoms with E-state index in [-0.39, 0.29) is 18.0 Å². The van der Waals surface area contributed by atoms with Gasteiger partial charge in [0.15, 0.2) is 0 Å². The van der Waals surface area contributed by atoms with E-state index in [1.54, 1.807) is 0 Å². The molecule has 1 atom stereocenters. The predicted octanol–water partition coefficient (Wildman–Crippen LogP) is 4.10. The lowest BCUT2D eigenvalue weighted by Crippen LogP contribution is -2.39. The van der Waals surface area contributed by atoms with Gasteiger partial charge in [0.25, 0.3) is 5.91 Å². The molecule has 0 spiro atoms. The Morgan fingerprint density at radius 3 is 2.66 bits per heavy atom. The Balaban J connectivity index is 1.53. The van der Waals surface area contributed by atoms with Crippen molar-refractivity contribution in [1.82, 2.24) is 14.8 Å². The Morgan fingerprint density at radius 1 is 1.19 bits per heavy atom. The number of alkyl carbamates (subject to hydrolysis) is 1. The number of benzene rings is 2. The van der Waals surface area contributed by atoms with Crippen molar-refractivity contribution < 1.29 is 14.3 Å². The number of ether oxygens (including phenoxy) is 1. The molecule has 1 aliphatic carbocycles. The SMILES string of the molecule is Cc1ccccc1C(=O)n1cc(C2CC(N(C)C)C2)c2cc(C[C@H]3COC(=O)N3)ccc21. The maximum absolute atomic E-state index is 13.5. The zero-order chi connectivity index (χ0) is 22.4. The molecule has 1 saturated heterocycles. The van der Waals surface area contributed by atoms with Gasteiger partial charge in [-0.2, -0.15) is 0 Å². The van der Waals surface area contributed by atoms with Crippen LogP contribution in [0, 0.1) is 6.92 Å². The highest BCUT2D eigenvalue weighted by atomic mass is 16.6. The van der Waals surface area contributed by atoms with Crippen LogP contribution in [-0.2, 0) is 11.2 Å². The molecule has 6 nitrogen and oxygen atoms in total. The highest BCUT2D eigenvalue weighted by Crippen LogP contribution is 2.43. The van der Waals surface area contributed by atoms with Crippen LogP contribution in [0.3, 0.4) is 0 Å². The molecule has 166 valence electrons. The molecule has 1 aromatic heterocycles. The van der Waals surface area contributed by atoms with E-state index < -0.39 is 0 Å². The van der Waals surface area contributed by atoms with Crippen molar-refractivity contribution in [3.63, 3.8) is 0 Å². The third kappa shape index (κ3) is 3.69. The number of nitrogens with one attached hydrogen (secondary N) is 1. The number of hydrogen-bond acceptors (Lipinski definition) is 4. The summed E-state index contributed by atoms with van der Waals surface area (Å²) in [5.74, 6) is 0.452. The molecule has 1 amide bonds. The average molecular weight is 432 g/mol. The van der Waals surface area contributed by atoms with Crippen molar-refractivity contribution in [3.05, 3.63) is 70.9 Å². The van der Waals surface area contributed by atoms with Gasteiger partial charge in [-0.25, -0.2) is 4.79 Å². The van der Waals surface area contributed by atoms with Crippen LogP contribution in [-0.4, -0.2) is 54.3 Å². The van der Waals surface area contributed by atoms with Crippen LogP contribution in [0.4, 0.5) is 4.79 Å². The van der Waals surface area contributed by atoms with Gasteiger partial charge in [0, 0.05) is 23.2 Å². The second kappa shape index (κ2) is 8.10.